The maximum absolute atomic E-state index is 5.59. The normalized spacial score (nSPS) is 10.1. The molecule has 1 heterocycles. The molecule has 2 rings (SSSR count). The maximum Gasteiger partial charge on any atom is 0.164 e. The van der Waals surface area contributed by atoms with Gasteiger partial charge >= 0.3 is 0 Å². The average molecular weight is 215 g/mol. The molecule has 4 heteroatoms. The number of aromatic nitrogens is 2. The topological polar surface area (TPSA) is 61.0 Å². The highest BCUT2D eigenvalue weighted by Crippen LogP contribution is 2.20. The first-order valence-corrected chi connectivity index (χ1v) is 5.03. The number of rotatable bonds is 3. The van der Waals surface area contributed by atoms with Crippen LogP contribution < -0.4 is 10.5 Å². The molecule has 0 amide bonds. The summed E-state index contributed by atoms with van der Waals surface area (Å²) in [4.78, 5) is 8.11. The van der Waals surface area contributed by atoms with Gasteiger partial charge in [0.15, 0.2) is 5.75 Å². The van der Waals surface area contributed by atoms with Crippen LogP contribution in [-0.2, 0) is 6.54 Å². The SMILES string of the molecule is Cc1cccc(Oc2cnc(CN)nc2)c1. The number of hydrogen-bond acceptors (Lipinski definition) is 4. The summed E-state index contributed by atoms with van der Waals surface area (Å²) >= 11 is 0. The number of aryl methyl sites for hydroxylation is 1. The molecule has 0 saturated heterocycles. The van der Waals surface area contributed by atoms with E-state index in [0.717, 1.165) is 11.3 Å². The molecule has 0 atom stereocenters. The number of nitrogens with zero attached hydrogens (tertiary/aromatic N) is 2. The van der Waals surface area contributed by atoms with Crippen molar-refractivity contribution in [2.45, 2.75) is 13.5 Å². The molecule has 0 spiro atoms. The van der Waals surface area contributed by atoms with Gasteiger partial charge in [-0.05, 0) is 24.6 Å². The molecule has 2 aromatic rings. The van der Waals surface area contributed by atoms with E-state index in [9.17, 15) is 0 Å². The van der Waals surface area contributed by atoms with E-state index in [4.69, 9.17) is 10.5 Å². The average Bonchev–Trinajstić information content (AvgIpc) is 2.30. The van der Waals surface area contributed by atoms with Crippen molar-refractivity contribution in [2.75, 3.05) is 0 Å². The van der Waals surface area contributed by atoms with Crippen LogP contribution in [0, 0.1) is 6.92 Å². The van der Waals surface area contributed by atoms with Gasteiger partial charge in [0.25, 0.3) is 0 Å². The third kappa shape index (κ3) is 2.55. The van der Waals surface area contributed by atoms with Crippen LogP contribution in [0.5, 0.6) is 11.5 Å². The summed E-state index contributed by atoms with van der Waals surface area (Å²) in [6.45, 7) is 2.35. The Bertz CT molecular complexity index is 468. The summed E-state index contributed by atoms with van der Waals surface area (Å²) in [6.07, 6.45) is 3.25. The molecular formula is C12H13N3O. The molecule has 4 nitrogen and oxygen atoms in total. The van der Waals surface area contributed by atoms with Gasteiger partial charge in [-0.1, -0.05) is 12.1 Å². The third-order valence-electron chi connectivity index (χ3n) is 2.09. The van der Waals surface area contributed by atoms with Gasteiger partial charge in [0.1, 0.15) is 11.6 Å². The second-order valence-electron chi connectivity index (χ2n) is 3.46. The van der Waals surface area contributed by atoms with Gasteiger partial charge in [-0.15, -0.1) is 0 Å². The minimum absolute atomic E-state index is 0.338. The molecule has 16 heavy (non-hydrogen) atoms. The van der Waals surface area contributed by atoms with E-state index in [-0.39, 0.29) is 0 Å². The van der Waals surface area contributed by atoms with Crippen molar-refractivity contribution < 1.29 is 4.74 Å². The zero-order valence-corrected chi connectivity index (χ0v) is 9.05. The predicted molar refractivity (Wildman–Crippen MR) is 61.2 cm³/mol. The molecule has 82 valence electrons. The number of benzene rings is 1. The second-order valence-corrected chi connectivity index (χ2v) is 3.46. The van der Waals surface area contributed by atoms with Crippen LogP contribution in [0.25, 0.3) is 0 Å². The molecule has 0 aliphatic carbocycles. The Hall–Kier alpha value is -1.94. The lowest BCUT2D eigenvalue weighted by Gasteiger charge is -2.05. The van der Waals surface area contributed by atoms with Gasteiger partial charge in [-0.2, -0.15) is 0 Å². The fraction of sp³-hybridized carbons (Fsp3) is 0.167. The fourth-order valence-corrected chi connectivity index (χ4v) is 1.32. The lowest BCUT2D eigenvalue weighted by Crippen LogP contribution is -2.02. The van der Waals surface area contributed by atoms with Crippen molar-refractivity contribution in [2.24, 2.45) is 5.73 Å². The Morgan fingerprint density at radius 2 is 1.94 bits per heavy atom. The minimum Gasteiger partial charge on any atom is -0.454 e. The van der Waals surface area contributed by atoms with Crippen LogP contribution in [0.15, 0.2) is 36.7 Å². The summed E-state index contributed by atoms with van der Waals surface area (Å²) in [7, 11) is 0. The lowest BCUT2D eigenvalue weighted by atomic mass is 10.2. The van der Waals surface area contributed by atoms with Crippen molar-refractivity contribution >= 4 is 0 Å². The van der Waals surface area contributed by atoms with Crippen molar-refractivity contribution in [1.29, 1.82) is 0 Å². The van der Waals surface area contributed by atoms with Gasteiger partial charge in [-0.3, -0.25) is 0 Å². The first-order valence-electron chi connectivity index (χ1n) is 5.03. The molecule has 1 aromatic carbocycles. The van der Waals surface area contributed by atoms with Crippen LogP contribution >= 0.6 is 0 Å². The number of hydrogen-bond donors (Lipinski definition) is 1. The maximum atomic E-state index is 5.59. The highest BCUT2D eigenvalue weighted by Gasteiger charge is 1.99. The molecule has 0 bridgehead atoms. The van der Waals surface area contributed by atoms with E-state index in [2.05, 4.69) is 9.97 Å². The van der Waals surface area contributed by atoms with Crippen molar-refractivity contribution in [3.8, 4) is 11.5 Å². The Morgan fingerprint density at radius 3 is 2.56 bits per heavy atom. The standard InChI is InChI=1S/C12H13N3O/c1-9-3-2-4-10(5-9)16-11-7-14-12(6-13)15-8-11/h2-5,7-8H,6,13H2,1H3. The van der Waals surface area contributed by atoms with Crippen molar-refractivity contribution in [3.63, 3.8) is 0 Å². The molecule has 0 radical (unpaired) electrons. The van der Waals surface area contributed by atoms with E-state index in [1.807, 2.05) is 31.2 Å². The van der Waals surface area contributed by atoms with Crippen molar-refractivity contribution in [1.82, 2.24) is 9.97 Å². The smallest absolute Gasteiger partial charge is 0.164 e. The van der Waals surface area contributed by atoms with E-state index >= 15 is 0 Å². The highest BCUT2D eigenvalue weighted by molar-refractivity contribution is 5.31. The number of ether oxygens (including phenoxy) is 1. The number of nitrogens with two attached hydrogens (primary N) is 1. The molecule has 1 aromatic heterocycles. The molecule has 0 aliphatic heterocycles. The zero-order valence-electron chi connectivity index (χ0n) is 9.05. The monoisotopic (exact) mass is 215 g/mol. The van der Waals surface area contributed by atoms with E-state index in [1.54, 1.807) is 12.4 Å². The molecule has 2 N–H and O–H groups in total. The van der Waals surface area contributed by atoms with Crippen molar-refractivity contribution in [3.05, 3.63) is 48.0 Å². The van der Waals surface area contributed by atoms with E-state index in [0.29, 0.717) is 18.1 Å². The minimum atomic E-state index is 0.338. The Labute approximate surface area is 94.1 Å². The first kappa shape index (κ1) is 10.6. The molecule has 0 aliphatic rings. The molecule has 0 fully saturated rings. The lowest BCUT2D eigenvalue weighted by molar-refractivity contribution is 0.476. The van der Waals surface area contributed by atoms with Gasteiger partial charge in [0.2, 0.25) is 0 Å². The summed E-state index contributed by atoms with van der Waals surface area (Å²) in [6, 6.07) is 7.81. The quantitative estimate of drug-likeness (QED) is 0.851. The van der Waals surface area contributed by atoms with Gasteiger partial charge in [0, 0.05) is 0 Å². The molecular weight excluding hydrogens is 202 g/mol. The van der Waals surface area contributed by atoms with Crippen LogP contribution in [0.4, 0.5) is 0 Å². The molecule has 0 unspecified atom stereocenters. The van der Waals surface area contributed by atoms with Crippen LogP contribution in [0.2, 0.25) is 0 Å². The summed E-state index contributed by atoms with van der Waals surface area (Å²) < 4.78 is 5.59. The predicted octanol–water partition coefficient (Wildman–Crippen LogP) is 2.04. The summed E-state index contributed by atoms with van der Waals surface area (Å²) in [5.41, 5.74) is 6.56. The van der Waals surface area contributed by atoms with Crippen LogP contribution in [0.1, 0.15) is 11.4 Å². The third-order valence-corrected chi connectivity index (χ3v) is 2.09. The Balaban J connectivity index is 2.14. The van der Waals surface area contributed by atoms with E-state index in [1.165, 1.54) is 0 Å². The van der Waals surface area contributed by atoms with E-state index < -0.39 is 0 Å². The molecule has 0 saturated carbocycles. The van der Waals surface area contributed by atoms with Crippen LogP contribution in [0.3, 0.4) is 0 Å². The summed E-state index contributed by atoms with van der Waals surface area (Å²) in [5, 5.41) is 0. The van der Waals surface area contributed by atoms with Gasteiger partial charge in [0.05, 0.1) is 18.9 Å². The summed E-state index contributed by atoms with van der Waals surface area (Å²) in [5.74, 6) is 2.00. The van der Waals surface area contributed by atoms with Crippen LogP contribution in [-0.4, -0.2) is 9.97 Å². The Morgan fingerprint density at radius 1 is 1.19 bits per heavy atom. The Kier molecular flexibility index (Phi) is 3.12. The first-order chi connectivity index (χ1) is 7.78. The highest BCUT2D eigenvalue weighted by atomic mass is 16.5. The van der Waals surface area contributed by atoms with Gasteiger partial charge < -0.3 is 10.5 Å². The largest absolute Gasteiger partial charge is 0.454 e. The second kappa shape index (κ2) is 4.72. The fourth-order valence-electron chi connectivity index (χ4n) is 1.32. The zero-order chi connectivity index (χ0) is 11.4. The van der Waals surface area contributed by atoms with Gasteiger partial charge in [-0.25, -0.2) is 9.97 Å².